The van der Waals surface area contributed by atoms with E-state index in [1.165, 1.54) is 25.0 Å². The maximum absolute atomic E-state index is 12.9. The first-order valence-corrected chi connectivity index (χ1v) is 5.80. The molecule has 0 spiro atoms. The highest BCUT2D eigenvalue weighted by Crippen LogP contribution is 2.08. The molecule has 1 nitrogen and oxygen atoms in total. The first-order chi connectivity index (χ1) is 7.61. The molecule has 0 aliphatic carbocycles. The summed E-state index contributed by atoms with van der Waals surface area (Å²) < 4.78 is 25.8. The highest BCUT2D eigenvalue weighted by Gasteiger charge is 2.03. The summed E-state index contributed by atoms with van der Waals surface area (Å²) in [6, 6.07) is 4.00. The maximum atomic E-state index is 12.9. The van der Waals surface area contributed by atoms with Crippen LogP contribution in [0.4, 0.5) is 8.78 Å². The molecule has 16 heavy (non-hydrogen) atoms. The average molecular weight is 227 g/mol. The number of nitrogens with one attached hydrogen (secondary N) is 1. The molecule has 0 heterocycles. The first kappa shape index (κ1) is 13.1. The molecule has 1 N–H and O–H groups in total. The lowest BCUT2D eigenvalue weighted by Crippen LogP contribution is -2.25. The summed E-state index contributed by atoms with van der Waals surface area (Å²) in [5.41, 5.74) is 0.654. The fraction of sp³-hybridized carbons (Fsp3) is 0.538. The van der Waals surface area contributed by atoms with Gasteiger partial charge in [-0.25, -0.2) is 8.78 Å². The molecule has 0 saturated carbocycles. The predicted molar refractivity (Wildman–Crippen MR) is 62.2 cm³/mol. The van der Waals surface area contributed by atoms with E-state index in [4.69, 9.17) is 0 Å². The van der Waals surface area contributed by atoms with Crippen molar-refractivity contribution in [2.75, 3.05) is 0 Å². The van der Waals surface area contributed by atoms with Crippen molar-refractivity contribution >= 4 is 0 Å². The topological polar surface area (TPSA) is 12.0 Å². The Balaban J connectivity index is 2.41. The van der Waals surface area contributed by atoms with E-state index in [2.05, 4.69) is 19.2 Å². The summed E-state index contributed by atoms with van der Waals surface area (Å²) in [4.78, 5) is 0. The van der Waals surface area contributed by atoms with Crippen molar-refractivity contribution in [1.82, 2.24) is 5.32 Å². The molecule has 1 aromatic carbocycles. The monoisotopic (exact) mass is 227 g/mol. The molecule has 0 fully saturated rings. The second-order valence-electron chi connectivity index (χ2n) is 4.20. The Kier molecular flexibility index (Phi) is 5.39. The molecule has 0 saturated heterocycles. The van der Waals surface area contributed by atoms with Gasteiger partial charge in [0.05, 0.1) is 0 Å². The minimum absolute atomic E-state index is 0.381. The summed E-state index contributed by atoms with van der Waals surface area (Å²) in [5.74, 6) is -1.03. The lowest BCUT2D eigenvalue weighted by Gasteiger charge is -2.13. The molecule has 1 atom stereocenters. The van der Waals surface area contributed by atoms with Crippen LogP contribution in [0.5, 0.6) is 0 Å². The van der Waals surface area contributed by atoms with Crippen molar-refractivity contribution in [3.05, 3.63) is 35.4 Å². The molecule has 0 radical (unpaired) electrons. The number of hydrogen-bond donors (Lipinski definition) is 1. The van der Waals surface area contributed by atoms with Crippen LogP contribution in [0, 0.1) is 11.6 Å². The fourth-order valence-corrected chi connectivity index (χ4v) is 1.62. The molecule has 3 heteroatoms. The van der Waals surface area contributed by atoms with Crippen molar-refractivity contribution < 1.29 is 8.78 Å². The molecule has 0 amide bonds. The van der Waals surface area contributed by atoms with Crippen LogP contribution in [0.15, 0.2) is 18.2 Å². The van der Waals surface area contributed by atoms with Gasteiger partial charge in [0.15, 0.2) is 0 Å². The average Bonchev–Trinajstić information content (AvgIpc) is 2.22. The van der Waals surface area contributed by atoms with E-state index in [1.807, 2.05) is 0 Å². The molecule has 0 aliphatic rings. The van der Waals surface area contributed by atoms with Gasteiger partial charge in [0, 0.05) is 18.7 Å². The van der Waals surface area contributed by atoms with E-state index in [0.717, 1.165) is 12.5 Å². The van der Waals surface area contributed by atoms with Gasteiger partial charge in [0.1, 0.15) is 11.6 Å². The Morgan fingerprint density at radius 3 is 2.38 bits per heavy atom. The van der Waals surface area contributed by atoms with Gasteiger partial charge in [-0.15, -0.1) is 0 Å². The lowest BCUT2D eigenvalue weighted by molar-refractivity contribution is 0.491. The summed E-state index contributed by atoms with van der Waals surface area (Å²) in [6.07, 6.45) is 3.43. The smallest absolute Gasteiger partial charge is 0.126 e. The van der Waals surface area contributed by atoms with Gasteiger partial charge in [-0.2, -0.15) is 0 Å². The molecule has 0 aromatic heterocycles. The van der Waals surface area contributed by atoms with Crippen molar-refractivity contribution in [3.63, 3.8) is 0 Å². The van der Waals surface area contributed by atoms with Crippen LogP contribution in [0.2, 0.25) is 0 Å². The Bertz CT molecular complexity index is 305. The van der Waals surface area contributed by atoms with E-state index < -0.39 is 11.6 Å². The van der Waals surface area contributed by atoms with Gasteiger partial charge in [-0.1, -0.05) is 19.8 Å². The van der Waals surface area contributed by atoms with Crippen LogP contribution >= 0.6 is 0 Å². The van der Waals surface area contributed by atoms with Crippen LogP contribution in [0.1, 0.15) is 38.7 Å². The third-order valence-electron chi connectivity index (χ3n) is 2.57. The number of rotatable bonds is 6. The second kappa shape index (κ2) is 6.59. The van der Waals surface area contributed by atoms with Gasteiger partial charge in [-0.3, -0.25) is 0 Å². The van der Waals surface area contributed by atoms with Gasteiger partial charge in [0.25, 0.3) is 0 Å². The van der Waals surface area contributed by atoms with Gasteiger partial charge in [0.2, 0.25) is 0 Å². The second-order valence-corrected chi connectivity index (χ2v) is 4.20. The van der Waals surface area contributed by atoms with Gasteiger partial charge in [-0.05, 0) is 31.0 Å². The van der Waals surface area contributed by atoms with E-state index >= 15 is 0 Å². The van der Waals surface area contributed by atoms with Crippen LogP contribution < -0.4 is 5.32 Å². The van der Waals surface area contributed by atoms with Gasteiger partial charge < -0.3 is 5.32 Å². The highest BCUT2D eigenvalue weighted by atomic mass is 19.1. The number of unbranched alkanes of at least 4 members (excludes halogenated alkanes) is 1. The predicted octanol–water partition coefficient (Wildman–Crippen LogP) is 3.63. The first-order valence-electron chi connectivity index (χ1n) is 5.80. The Labute approximate surface area is 95.9 Å². The highest BCUT2D eigenvalue weighted by molar-refractivity contribution is 5.17. The van der Waals surface area contributed by atoms with Crippen LogP contribution in [-0.4, -0.2) is 6.04 Å². The maximum Gasteiger partial charge on any atom is 0.126 e. The summed E-state index contributed by atoms with van der Waals surface area (Å²) >= 11 is 0. The van der Waals surface area contributed by atoms with E-state index in [1.54, 1.807) is 0 Å². The number of halogens is 2. The standard InChI is InChI=1S/C13H19F2N/c1-3-4-5-10(2)16-9-11-6-12(14)8-13(15)7-11/h6-8,10,16H,3-5,9H2,1-2H3. The zero-order valence-electron chi connectivity index (χ0n) is 9.89. The van der Waals surface area contributed by atoms with Crippen LogP contribution in [0.3, 0.4) is 0 Å². The molecule has 1 aromatic rings. The van der Waals surface area contributed by atoms with E-state index in [-0.39, 0.29) is 0 Å². The normalized spacial score (nSPS) is 12.8. The fourth-order valence-electron chi connectivity index (χ4n) is 1.62. The Morgan fingerprint density at radius 1 is 1.19 bits per heavy atom. The Morgan fingerprint density at radius 2 is 1.81 bits per heavy atom. The van der Waals surface area contributed by atoms with E-state index in [9.17, 15) is 8.78 Å². The third-order valence-corrected chi connectivity index (χ3v) is 2.57. The minimum atomic E-state index is -0.516. The number of hydrogen-bond acceptors (Lipinski definition) is 1. The van der Waals surface area contributed by atoms with Crippen molar-refractivity contribution in [2.24, 2.45) is 0 Å². The zero-order valence-corrected chi connectivity index (χ0v) is 9.89. The van der Waals surface area contributed by atoms with Crippen molar-refractivity contribution in [2.45, 2.75) is 45.7 Å². The summed E-state index contributed by atoms with van der Waals surface area (Å²) in [7, 11) is 0. The summed E-state index contributed by atoms with van der Waals surface area (Å²) in [6.45, 7) is 4.75. The lowest BCUT2D eigenvalue weighted by atomic mass is 10.1. The largest absolute Gasteiger partial charge is 0.310 e. The molecular weight excluding hydrogens is 208 g/mol. The van der Waals surface area contributed by atoms with E-state index in [0.29, 0.717) is 18.2 Å². The van der Waals surface area contributed by atoms with Crippen molar-refractivity contribution in [1.29, 1.82) is 0 Å². The van der Waals surface area contributed by atoms with Crippen LogP contribution in [0.25, 0.3) is 0 Å². The molecule has 1 rings (SSSR count). The SMILES string of the molecule is CCCCC(C)NCc1cc(F)cc(F)c1. The van der Waals surface area contributed by atoms with Crippen LogP contribution in [-0.2, 0) is 6.54 Å². The molecule has 0 aliphatic heterocycles. The molecule has 1 unspecified atom stereocenters. The third kappa shape index (κ3) is 4.71. The molecular formula is C13H19F2N. The van der Waals surface area contributed by atoms with Crippen molar-refractivity contribution in [3.8, 4) is 0 Å². The Hall–Kier alpha value is -0.960. The minimum Gasteiger partial charge on any atom is -0.310 e. The zero-order chi connectivity index (χ0) is 12.0. The molecule has 0 bridgehead atoms. The van der Waals surface area contributed by atoms with Gasteiger partial charge >= 0.3 is 0 Å². The number of benzene rings is 1. The quantitative estimate of drug-likeness (QED) is 0.782. The summed E-state index contributed by atoms with van der Waals surface area (Å²) in [5, 5.41) is 3.25. The molecule has 90 valence electrons.